The summed E-state index contributed by atoms with van der Waals surface area (Å²) in [4.78, 5) is 16.8. The van der Waals surface area contributed by atoms with Crippen molar-refractivity contribution in [1.29, 1.82) is 0 Å². The molecule has 0 amide bonds. The molecule has 5 nitrogen and oxygen atoms in total. The quantitative estimate of drug-likeness (QED) is 0.848. The lowest BCUT2D eigenvalue weighted by Gasteiger charge is -2.20. The Kier molecular flexibility index (Phi) is 5.51. The fourth-order valence-corrected chi connectivity index (χ4v) is 2.61. The molecular formula is C18H21FN2O3. The van der Waals surface area contributed by atoms with Crippen molar-refractivity contribution >= 4 is 11.8 Å². The normalized spacial score (nSPS) is 10.9. The van der Waals surface area contributed by atoms with Crippen molar-refractivity contribution in [2.24, 2.45) is 0 Å². The number of pyridine rings is 1. The minimum absolute atomic E-state index is 0.0443. The first-order chi connectivity index (χ1) is 11.4. The molecule has 0 aliphatic carbocycles. The number of nitrogen functional groups attached to an aromatic ring is 1. The van der Waals surface area contributed by atoms with Crippen molar-refractivity contribution in [1.82, 2.24) is 4.98 Å². The van der Waals surface area contributed by atoms with E-state index in [4.69, 9.17) is 15.2 Å². The Morgan fingerprint density at radius 2 is 1.88 bits per heavy atom. The highest BCUT2D eigenvalue weighted by Crippen LogP contribution is 2.36. The van der Waals surface area contributed by atoms with Crippen LogP contribution in [0.4, 0.5) is 10.2 Å². The lowest BCUT2D eigenvalue weighted by atomic mass is 9.90. The second-order valence-corrected chi connectivity index (χ2v) is 5.70. The van der Waals surface area contributed by atoms with Crippen LogP contribution in [0.25, 0.3) is 11.1 Å². The molecule has 0 atom stereocenters. The molecule has 1 aromatic heterocycles. The minimum atomic E-state index is -0.511. The highest BCUT2D eigenvalue weighted by molar-refractivity contribution is 6.00. The maximum Gasteiger partial charge on any atom is 0.340 e. The van der Waals surface area contributed by atoms with Gasteiger partial charge in [-0.2, -0.15) is 0 Å². The summed E-state index contributed by atoms with van der Waals surface area (Å²) < 4.78 is 23.5. The van der Waals surface area contributed by atoms with Crippen LogP contribution in [-0.4, -0.2) is 25.2 Å². The molecule has 2 rings (SSSR count). The van der Waals surface area contributed by atoms with E-state index in [1.165, 1.54) is 26.4 Å². The zero-order valence-corrected chi connectivity index (χ0v) is 14.2. The molecule has 128 valence electrons. The maximum absolute atomic E-state index is 13.3. The van der Waals surface area contributed by atoms with Gasteiger partial charge in [-0.15, -0.1) is 0 Å². The number of benzene rings is 1. The number of halogens is 1. The SMILES string of the molecule is COCc1c(N)nc(C(C)C)c(C(=O)OC)c1-c1ccc(F)cc1. The van der Waals surface area contributed by atoms with E-state index < -0.39 is 5.97 Å². The number of aromatic nitrogens is 1. The van der Waals surface area contributed by atoms with E-state index in [1.54, 1.807) is 12.1 Å². The van der Waals surface area contributed by atoms with Crippen LogP contribution in [0.2, 0.25) is 0 Å². The van der Waals surface area contributed by atoms with Gasteiger partial charge in [-0.1, -0.05) is 26.0 Å². The number of hydrogen-bond acceptors (Lipinski definition) is 5. The molecular weight excluding hydrogens is 311 g/mol. The number of carbonyl (C=O) groups excluding carboxylic acids is 1. The summed E-state index contributed by atoms with van der Waals surface area (Å²) in [6.07, 6.45) is 0. The van der Waals surface area contributed by atoms with Crippen LogP contribution < -0.4 is 5.73 Å². The van der Waals surface area contributed by atoms with Crippen LogP contribution in [0.1, 0.15) is 41.4 Å². The van der Waals surface area contributed by atoms with Crippen molar-refractivity contribution in [2.75, 3.05) is 20.0 Å². The molecule has 2 aromatic rings. The number of nitrogens with two attached hydrogens (primary N) is 1. The third-order valence-corrected chi connectivity index (χ3v) is 3.72. The van der Waals surface area contributed by atoms with E-state index in [0.717, 1.165) is 0 Å². The fourth-order valence-electron chi connectivity index (χ4n) is 2.61. The summed E-state index contributed by atoms with van der Waals surface area (Å²) in [5.74, 6) is -0.634. The van der Waals surface area contributed by atoms with Gasteiger partial charge in [0.05, 0.1) is 25.0 Å². The fraction of sp³-hybridized carbons (Fsp3) is 0.333. The van der Waals surface area contributed by atoms with Crippen molar-refractivity contribution in [3.8, 4) is 11.1 Å². The molecule has 0 saturated heterocycles. The average molecular weight is 332 g/mol. The first-order valence-electron chi connectivity index (χ1n) is 7.56. The number of rotatable bonds is 5. The summed E-state index contributed by atoms with van der Waals surface area (Å²) in [5, 5.41) is 0. The molecule has 0 aliphatic heterocycles. The Morgan fingerprint density at radius 3 is 2.38 bits per heavy atom. The number of anilines is 1. The molecule has 0 unspecified atom stereocenters. The van der Waals surface area contributed by atoms with Crippen molar-refractivity contribution < 1.29 is 18.7 Å². The van der Waals surface area contributed by atoms with Crippen LogP contribution in [0.3, 0.4) is 0 Å². The van der Waals surface area contributed by atoms with Gasteiger partial charge in [0.25, 0.3) is 0 Å². The molecule has 0 radical (unpaired) electrons. The number of ether oxygens (including phenoxy) is 2. The predicted molar refractivity (Wildman–Crippen MR) is 90.2 cm³/mol. The molecule has 1 heterocycles. The third kappa shape index (κ3) is 3.38. The van der Waals surface area contributed by atoms with Crippen LogP contribution >= 0.6 is 0 Å². The van der Waals surface area contributed by atoms with Gasteiger partial charge in [0, 0.05) is 18.2 Å². The second-order valence-electron chi connectivity index (χ2n) is 5.70. The van der Waals surface area contributed by atoms with E-state index >= 15 is 0 Å². The predicted octanol–water partition coefficient (Wildman–Crippen LogP) is 3.53. The smallest absolute Gasteiger partial charge is 0.340 e. The summed E-state index contributed by atoms with van der Waals surface area (Å²) in [6, 6.07) is 5.86. The van der Waals surface area contributed by atoms with Crippen LogP contribution in [0.5, 0.6) is 0 Å². The zero-order valence-electron chi connectivity index (χ0n) is 14.2. The van der Waals surface area contributed by atoms with E-state index in [0.29, 0.717) is 27.9 Å². The first kappa shape index (κ1) is 17.9. The van der Waals surface area contributed by atoms with Crippen LogP contribution in [0.15, 0.2) is 24.3 Å². The van der Waals surface area contributed by atoms with Gasteiger partial charge in [-0.05, 0) is 23.6 Å². The molecule has 0 saturated carbocycles. The van der Waals surface area contributed by atoms with Crippen molar-refractivity contribution in [2.45, 2.75) is 26.4 Å². The molecule has 0 fully saturated rings. The highest BCUT2D eigenvalue weighted by atomic mass is 19.1. The standard InChI is InChI=1S/C18H21FN2O3/c1-10(2)16-15(18(22)24-4)14(11-5-7-12(19)8-6-11)13(9-23-3)17(20)21-16/h5-8,10H,9H2,1-4H3,(H2,20,21). The summed E-state index contributed by atoms with van der Waals surface area (Å²) >= 11 is 0. The third-order valence-electron chi connectivity index (χ3n) is 3.72. The lowest BCUT2D eigenvalue weighted by molar-refractivity contribution is 0.0599. The van der Waals surface area contributed by atoms with Gasteiger partial charge in [0.1, 0.15) is 11.6 Å². The van der Waals surface area contributed by atoms with E-state index in [9.17, 15) is 9.18 Å². The zero-order chi connectivity index (χ0) is 17.9. The van der Waals surface area contributed by atoms with Crippen LogP contribution in [0, 0.1) is 5.82 Å². The van der Waals surface area contributed by atoms with E-state index in [2.05, 4.69) is 4.98 Å². The largest absolute Gasteiger partial charge is 0.465 e. The lowest BCUT2D eigenvalue weighted by Crippen LogP contribution is -2.16. The van der Waals surface area contributed by atoms with Gasteiger partial charge < -0.3 is 15.2 Å². The summed E-state index contributed by atoms with van der Waals surface area (Å²) in [5.41, 5.74) is 8.78. The van der Waals surface area contributed by atoms with E-state index in [1.807, 2.05) is 13.8 Å². The summed E-state index contributed by atoms with van der Waals surface area (Å²) in [7, 11) is 2.84. The van der Waals surface area contributed by atoms with Gasteiger partial charge in [0.2, 0.25) is 0 Å². The van der Waals surface area contributed by atoms with Gasteiger partial charge in [-0.3, -0.25) is 0 Å². The van der Waals surface area contributed by atoms with Crippen LogP contribution in [-0.2, 0) is 16.1 Å². The number of esters is 1. The minimum Gasteiger partial charge on any atom is -0.465 e. The number of carbonyl (C=O) groups is 1. The molecule has 0 aliphatic rings. The monoisotopic (exact) mass is 332 g/mol. The molecule has 2 N–H and O–H groups in total. The van der Waals surface area contributed by atoms with Crippen molar-refractivity contribution in [3.05, 3.63) is 46.9 Å². The topological polar surface area (TPSA) is 74.4 Å². The molecule has 24 heavy (non-hydrogen) atoms. The Labute approximate surface area is 140 Å². The first-order valence-corrected chi connectivity index (χ1v) is 7.56. The van der Waals surface area contributed by atoms with E-state index in [-0.39, 0.29) is 24.2 Å². The number of nitrogens with zero attached hydrogens (tertiary/aromatic N) is 1. The number of methoxy groups -OCH3 is 2. The molecule has 0 bridgehead atoms. The maximum atomic E-state index is 13.3. The summed E-state index contributed by atoms with van der Waals surface area (Å²) in [6.45, 7) is 4.01. The Bertz CT molecular complexity index is 743. The average Bonchev–Trinajstić information content (AvgIpc) is 2.56. The highest BCUT2D eigenvalue weighted by Gasteiger charge is 2.26. The van der Waals surface area contributed by atoms with Gasteiger partial charge >= 0.3 is 5.97 Å². The molecule has 0 spiro atoms. The molecule has 6 heteroatoms. The molecule has 1 aromatic carbocycles. The Hall–Kier alpha value is -2.47. The van der Waals surface area contributed by atoms with Gasteiger partial charge in [0.15, 0.2) is 0 Å². The van der Waals surface area contributed by atoms with Gasteiger partial charge in [-0.25, -0.2) is 14.2 Å². The Morgan fingerprint density at radius 1 is 1.25 bits per heavy atom. The van der Waals surface area contributed by atoms with Crippen molar-refractivity contribution in [3.63, 3.8) is 0 Å². The Balaban J connectivity index is 2.88. The number of hydrogen-bond donors (Lipinski definition) is 1. The second kappa shape index (κ2) is 7.40.